The smallest absolute Gasteiger partial charge is 0.250 e. The maximum atomic E-state index is 11.2. The van der Waals surface area contributed by atoms with Crippen molar-refractivity contribution in [1.29, 1.82) is 0 Å². The van der Waals surface area contributed by atoms with Crippen LogP contribution in [0.5, 0.6) is 0 Å². The lowest BCUT2D eigenvalue weighted by molar-refractivity contribution is 0.112. The number of hydrogen-bond acceptors (Lipinski definition) is 3. The summed E-state index contributed by atoms with van der Waals surface area (Å²) in [5, 5.41) is 0. The van der Waals surface area contributed by atoms with E-state index in [1.165, 1.54) is 16.8 Å². The van der Waals surface area contributed by atoms with Crippen molar-refractivity contribution in [2.75, 3.05) is 0 Å². The van der Waals surface area contributed by atoms with E-state index in [4.69, 9.17) is 0 Å². The van der Waals surface area contributed by atoms with Gasteiger partial charge in [0.2, 0.25) is 5.56 Å². The average molecular weight is 214 g/mol. The van der Waals surface area contributed by atoms with Crippen molar-refractivity contribution < 1.29 is 4.79 Å². The van der Waals surface area contributed by atoms with E-state index in [1.807, 2.05) is 0 Å². The highest BCUT2D eigenvalue weighted by Crippen LogP contribution is 2.19. The lowest BCUT2D eigenvalue weighted by Gasteiger charge is -2.05. The molecule has 16 heavy (non-hydrogen) atoms. The van der Waals surface area contributed by atoms with Crippen molar-refractivity contribution in [2.24, 2.45) is 7.05 Å². The highest BCUT2D eigenvalue weighted by atomic mass is 16.1. The molecule has 4 nitrogen and oxygen atoms in total. The Morgan fingerprint density at radius 1 is 1.31 bits per heavy atom. The van der Waals surface area contributed by atoms with Gasteiger partial charge >= 0.3 is 0 Å². The Morgan fingerprint density at radius 2 is 2.12 bits per heavy atom. The van der Waals surface area contributed by atoms with Crippen LogP contribution < -0.4 is 5.56 Å². The van der Waals surface area contributed by atoms with Crippen molar-refractivity contribution in [3.8, 4) is 11.1 Å². The number of aryl methyl sites for hydroxylation is 1. The quantitative estimate of drug-likeness (QED) is 0.707. The van der Waals surface area contributed by atoms with Gasteiger partial charge in [-0.15, -0.1) is 0 Å². The molecule has 80 valence electrons. The van der Waals surface area contributed by atoms with E-state index in [9.17, 15) is 9.59 Å². The fourth-order valence-electron chi connectivity index (χ4n) is 1.52. The summed E-state index contributed by atoms with van der Waals surface area (Å²) in [5.74, 6) is 0. The fourth-order valence-corrected chi connectivity index (χ4v) is 1.52. The van der Waals surface area contributed by atoms with Crippen LogP contribution in [0.1, 0.15) is 10.4 Å². The first kappa shape index (κ1) is 10.3. The number of carbonyl (C=O) groups is 1. The largest absolute Gasteiger partial charge is 0.318 e. The summed E-state index contributed by atoms with van der Waals surface area (Å²) in [6, 6.07) is 4.93. The standard InChI is InChI=1S/C12H10N2O2/c1-14-7-9(2-3-12(14)16)11-4-5-13-6-10(11)8-15/h2-8H,1H3. The molecule has 0 fully saturated rings. The number of carbonyl (C=O) groups excluding carboxylic acids is 1. The Morgan fingerprint density at radius 3 is 2.81 bits per heavy atom. The number of nitrogens with zero attached hydrogens (tertiary/aromatic N) is 2. The van der Waals surface area contributed by atoms with Gasteiger partial charge in [-0.05, 0) is 23.3 Å². The molecule has 2 aromatic rings. The van der Waals surface area contributed by atoms with Gasteiger partial charge in [0.25, 0.3) is 0 Å². The highest BCUT2D eigenvalue weighted by Gasteiger charge is 2.04. The van der Waals surface area contributed by atoms with Gasteiger partial charge in [0.1, 0.15) is 0 Å². The second-order valence-corrected chi connectivity index (χ2v) is 3.45. The molecule has 0 saturated heterocycles. The molecular formula is C12H10N2O2. The third-order valence-electron chi connectivity index (χ3n) is 2.38. The van der Waals surface area contributed by atoms with Crippen LogP contribution in [0.4, 0.5) is 0 Å². The first-order valence-corrected chi connectivity index (χ1v) is 4.78. The molecular weight excluding hydrogens is 204 g/mol. The molecule has 0 atom stereocenters. The Hall–Kier alpha value is -2.23. The van der Waals surface area contributed by atoms with Gasteiger partial charge in [-0.2, -0.15) is 0 Å². The zero-order valence-electron chi connectivity index (χ0n) is 8.75. The maximum Gasteiger partial charge on any atom is 0.250 e. The van der Waals surface area contributed by atoms with Gasteiger partial charge in [0.05, 0.1) is 0 Å². The SMILES string of the molecule is Cn1cc(-c2ccncc2C=O)ccc1=O. The molecule has 0 radical (unpaired) electrons. The third kappa shape index (κ3) is 1.77. The second-order valence-electron chi connectivity index (χ2n) is 3.45. The molecule has 0 bridgehead atoms. The van der Waals surface area contributed by atoms with Crippen LogP contribution >= 0.6 is 0 Å². The molecule has 2 aromatic heterocycles. The zero-order chi connectivity index (χ0) is 11.5. The summed E-state index contributed by atoms with van der Waals surface area (Å²) in [6.45, 7) is 0. The molecule has 0 aliphatic rings. The number of hydrogen-bond donors (Lipinski definition) is 0. The molecule has 0 aliphatic heterocycles. The van der Waals surface area contributed by atoms with Crippen LogP contribution in [0, 0.1) is 0 Å². The normalized spacial score (nSPS) is 10.1. The Bertz CT molecular complexity index is 588. The monoisotopic (exact) mass is 214 g/mol. The number of rotatable bonds is 2. The number of aromatic nitrogens is 2. The van der Waals surface area contributed by atoms with Crippen molar-refractivity contribution in [3.05, 3.63) is 52.7 Å². The summed E-state index contributed by atoms with van der Waals surface area (Å²) in [5.41, 5.74) is 2.04. The molecule has 0 aliphatic carbocycles. The Balaban J connectivity index is 2.63. The van der Waals surface area contributed by atoms with Crippen molar-refractivity contribution >= 4 is 6.29 Å². The van der Waals surface area contributed by atoms with Crippen LogP contribution in [0.25, 0.3) is 11.1 Å². The summed E-state index contributed by atoms with van der Waals surface area (Å²) < 4.78 is 1.48. The minimum atomic E-state index is -0.0783. The molecule has 4 heteroatoms. The van der Waals surface area contributed by atoms with Crippen LogP contribution in [0.2, 0.25) is 0 Å². The van der Waals surface area contributed by atoms with Crippen LogP contribution in [0.3, 0.4) is 0 Å². The van der Waals surface area contributed by atoms with Crippen molar-refractivity contribution in [2.45, 2.75) is 0 Å². The van der Waals surface area contributed by atoms with E-state index in [2.05, 4.69) is 4.98 Å². The molecule has 2 rings (SSSR count). The van der Waals surface area contributed by atoms with Crippen LogP contribution in [-0.2, 0) is 7.05 Å². The predicted octanol–water partition coefficient (Wildman–Crippen LogP) is 1.26. The molecule has 0 N–H and O–H groups in total. The lowest BCUT2D eigenvalue weighted by atomic mass is 10.0. The average Bonchev–Trinajstić information content (AvgIpc) is 2.32. The third-order valence-corrected chi connectivity index (χ3v) is 2.38. The topological polar surface area (TPSA) is 52.0 Å². The van der Waals surface area contributed by atoms with E-state index in [0.717, 1.165) is 17.4 Å². The molecule has 2 heterocycles. The van der Waals surface area contributed by atoms with E-state index >= 15 is 0 Å². The molecule has 0 aromatic carbocycles. The predicted molar refractivity (Wildman–Crippen MR) is 60.3 cm³/mol. The highest BCUT2D eigenvalue weighted by molar-refractivity contribution is 5.86. The lowest BCUT2D eigenvalue weighted by Crippen LogP contribution is -2.14. The maximum absolute atomic E-state index is 11.2. The number of pyridine rings is 2. The fraction of sp³-hybridized carbons (Fsp3) is 0.0833. The van der Waals surface area contributed by atoms with Gasteiger partial charge in [-0.1, -0.05) is 0 Å². The molecule has 0 amide bonds. The number of aldehydes is 1. The molecule has 0 spiro atoms. The summed E-state index contributed by atoms with van der Waals surface area (Å²) in [7, 11) is 1.67. The summed E-state index contributed by atoms with van der Waals surface area (Å²) >= 11 is 0. The van der Waals surface area contributed by atoms with Gasteiger partial charge < -0.3 is 4.57 Å². The Kier molecular flexibility index (Phi) is 2.64. The van der Waals surface area contributed by atoms with Gasteiger partial charge in [-0.25, -0.2) is 0 Å². The zero-order valence-corrected chi connectivity index (χ0v) is 8.75. The van der Waals surface area contributed by atoms with Crippen LogP contribution in [-0.4, -0.2) is 15.8 Å². The van der Waals surface area contributed by atoms with E-state index < -0.39 is 0 Å². The molecule has 0 unspecified atom stereocenters. The van der Waals surface area contributed by atoms with Crippen molar-refractivity contribution in [1.82, 2.24) is 9.55 Å². The Labute approximate surface area is 92.2 Å². The first-order valence-electron chi connectivity index (χ1n) is 4.78. The van der Waals surface area contributed by atoms with E-state index in [0.29, 0.717) is 5.56 Å². The van der Waals surface area contributed by atoms with Gasteiger partial charge in [-0.3, -0.25) is 14.6 Å². The molecule has 0 saturated carbocycles. The summed E-state index contributed by atoms with van der Waals surface area (Å²) in [4.78, 5) is 26.0. The minimum Gasteiger partial charge on any atom is -0.318 e. The van der Waals surface area contributed by atoms with E-state index in [-0.39, 0.29) is 5.56 Å². The van der Waals surface area contributed by atoms with Gasteiger partial charge in [0.15, 0.2) is 6.29 Å². The minimum absolute atomic E-state index is 0.0783. The second kappa shape index (κ2) is 4.10. The first-order chi connectivity index (χ1) is 7.72. The van der Waals surface area contributed by atoms with E-state index in [1.54, 1.807) is 31.6 Å². The van der Waals surface area contributed by atoms with Crippen molar-refractivity contribution in [3.63, 3.8) is 0 Å². The summed E-state index contributed by atoms with van der Waals surface area (Å²) in [6.07, 6.45) is 5.58. The van der Waals surface area contributed by atoms with Crippen LogP contribution in [0.15, 0.2) is 41.6 Å². The van der Waals surface area contributed by atoms with Gasteiger partial charge in [0, 0.05) is 37.3 Å².